The molecule has 0 unspecified atom stereocenters. The number of aromatic nitrogens is 1. The minimum atomic E-state index is -0.225. The molecule has 1 aliphatic rings. The van der Waals surface area contributed by atoms with Crippen molar-refractivity contribution in [2.24, 2.45) is 5.92 Å². The average molecular weight is 297 g/mol. The molecule has 2 aromatic rings. The molecule has 1 heterocycles. The van der Waals surface area contributed by atoms with Crippen molar-refractivity contribution in [1.82, 2.24) is 15.8 Å². The normalized spacial score (nSPS) is 13.9. The van der Waals surface area contributed by atoms with Crippen LogP contribution < -0.4 is 10.9 Å². The van der Waals surface area contributed by atoms with Crippen molar-refractivity contribution < 1.29 is 9.59 Å². The summed E-state index contributed by atoms with van der Waals surface area (Å²) in [6.07, 6.45) is 2.03. The van der Waals surface area contributed by atoms with E-state index in [9.17, 15) is 9.59 Å². The Labute approximate surface area is 129 Å². The third-order valence-corrected chi connectivity index (χ3v) is 4.10. The number of hydrazine groups is 1. The summed E-state index contributed by atoms with van der Waals surface area (Å²) in [7, 11) is 0. The summed E-state index contributed by atoms with van der Waals surface area (Å²) in [5.41, 5.74) is 8.73. The molecule has 1 aliphatic carbocycles. The lowest BCUT2D eigenvalue weighted by Gasteiger charge is -2.13. The number of carbonyl (C=O) groups excluding carboxylic acids is 2. The highest BCUT2D eigenvalue weighted by atomic mass is 16.2. The van der Waals surface area contributed by atoms with Crippen molar-refractivity contribution in [2.45, 2.75) is 33.1 Å². The largest absolute Gasteiger partial charge is 0.273 e. The molecule has 0 spiro atoms. The van der Waals surface area contributed by atoms with E-state index in [4.69, 9.17) is 0 Å². The predicted molar refractivity (Wildman–Crippen MR) is 83.9 cm³/mol. The Kier molecular flexibility index (Phi) is 3.79. The molecule has 1 saturated carbocycles. The van der Waals surface area contributed by atoms with Gasteiger partial charge in [-0.1, -0.05) is 18.2 Å². The second kappa shape index (κ2) is 5.75. The standard InChI is InChI=1S/C17H19N3O2/c1-10-13-5-3-4-6-15(13)18-11(2)14(10)9-16(21)19-20-17(22)12-7-8-12/h3-6,12H,7-9H2,1-2H3,(H,19,21)(H,20,22). The second-order valence-electron chi connectivity index (χ2n) is 5.81. The quantitative estimate of drug-likeness (QED) is 0.851. The van der Waals surface area contributed by atoms with Crippen molar-refractivity contribution in [2.75, 3.05) is 0 Å². The lowest BCUT2D eigenvalue weighted by Crippen LogP contribution is -2.43. The van der Waals surface area contributed by atoms with E-state index in [1.165, 1.54) is 0 Å². The average Bonchev–Trinajstić information content (AvgIpc) is 3.34. The lowest BCUT2D eigenvalue weighted by atomic mass is 9.99. The fraction of sp³-hybridized carbons (Fsp3) is 0.353. The first-order valence-corrected chi connectivity index (χ1v) is 7.50. The van der Waals surface area contributed by atoms with Gasteiger partial charge < -0.3 is 0 Å². The van der Waals surface area contributed by atoms with E-state index in [0.717, 1.165) is 40.6 Å². The molecular formula is C17H19N3O2. The summed E-state index contributed by atoms with van der Waals surface area (Å²) in [5.74, 6) is -0.248. The van der Waals surface area contributed by atoms with Crippen LogP contribution in [0.25, 0.3) is 10.9 Å². The number of fused-ring (bicyclic) bond motifs is 1. The monoisotopic (exact) mass is 297 g/mol. The Bertz CT molecular complexity index is 751. The molecule has 1 aromatic carbocycles. The number of nitrogens with zero attached hydrogens (tertiary/aromatic N) is 1. The molecule has 0 radical (unpaired) electrons. The number of amides is 2. The van der Waals surface area contributed by atoms with Crippen LogP contribution in [-0.4, -0.2) is 16.8 Å². The first-order valence-electron chi connectivity index (χ1n) is 7.50. The molecule has 2 N–H and O–H groups in total. The third-order valence-electron chi connectivity index (χ3n) is 4.10. The van der Waals surface area contributed by atoms with Crippen molar-refractivity contribution in [3.05, 3.63) is 41.1 Å². The Morgan fingerprint density at radius 1 is 1.18 bits per heavy atom. The third kappa shape index (κ3) is 2.93. The Morgan fingerprint density at radius 2 is 1.91 bits per heavy atom. The van der Waals surface area contributed by atoms with Crippen molar-refractivity contribution in [3.63, 3.8) is 0 Å². The van der Waals surface area contributed by atoms with Crippen LogP contribution in [0, 0.1) is 19.8 Å². The number of rotatable bonds is 3. The van der Waals surface area contributed by atoms with Gasteiger partial charge in [0, 0.05) is 17.0 Å². The van der Waals surface area contributed by atoms with E-state index in [2.05, 4.69) is 15.8 Å². The zero-order valence-corrected chi connectivity index (χ0v) is 12.8. The predicted octanol–water partition coefficient (Wildman–Crippen LogP) is 1.95. The molecule has 5 nitrogen and oxygen atoms in total. The summed E-state index contributed by atoms with van der Waals surface area (Å²) in [4.78, 5) is 28.1. The maximum Gasteiger partial charge on any atom is 0.242 e. The minimum Gasteiger partial charge on any atom is -0.273 e. The van der Waals surface area contributed by atoms with Gasteiger partial charge in [0.2, 0.25) is 11.8 Å². The van der Waals surface area contributed by atoms with Crippen LogP contribution in [0.3, 0.4) is 0 Å². The van der Waals surface area contributed by atoms with Gasteiger partial charge in [0.25, 0.3) is 0 Å². The van der Waals surface area contributed by atoms with Gasteiger partial charge in [0.1, 0.15) is 0 Å². The van der Waals surface area contributed by atoms with Crippen LogP contribution >= 0.6 is 0 Å². The Morgan fingerprint density at radius 3 is 2.64 bits per heavy atom. The zero-order chi connectivity index (χ0) is 15.7. The van der Waals surface area contributed by atoms with Crippen molar-refractivity contribution in [1.29, 1.82) is 0 Å². The smallest absolute Gasteiger partial charge is 0.242 e. The molecule has 5 heteroatoms. The highest BCUT2D eigenvalue weighted by Crippen LogP contribution is 2.28. The van der Waals surface area contributed by atoms with Gasteiger partial charge in [-0.05, 0) is 43.9 Å². The summed E-state index contributed by atoms with van der Waals surface area (Å²) in [6, 6.07) is 7.89. The molecule has 3 rings (SSSR count). The minimum absolute atomic E-state index is 0.0751. The van der Waals surface area contributed by atoms with E-state index in [0.29, 0.717) is 0 Å². The molecular weight excluding hydrogens is 278 g/mol. The van der Waals surface area contributed by atoms with E-state index in [1.807, 2.05) is 38.1 Å². The maximum absolute atomic E-state index is 12.0. The van der Waals surface area contributed by atoms with Crippen LogP contribution in [0.5, 0.6) is 0 Å². The fourth-order valence-corrected chi connectivity index (χ4v) is 2.61. The van der Waals surface area contributed by atoms with Crippen LogP contribution in [0.1, 0.15) is 29.7 Å². The van der Waals surface area contributed by atoms with Crippen molar-refractivity contribution in [3.8, 4) is 0 Å². The van der Waals surface area contributed by atoms with Gasteiger partial charge in [0.05, 0.1) is 11.9 Å². The lowest BCUT2D eigenvalue weighted by molar-refractivity contribution is -0.129. The van der Waals surface area contributed by atoms with Crippen LogP contribution in [0.15, 0.2) is 24.3 Å². The van der Waals surface area contributed by atoms with Crippen LogP contribution in [-0.2, 0) is 16.0 Å². The summed E-state index contributed by atoms with van der Waals surface area (Å²) < 4.78 is 0. The number of benzene rings is 1. The number of hydrogen-bond donors (Lipinski definition) is 2. The molecule has 2 amide bonds. The number of pyridine rings is 1. The van der Waals surface area contributed by atoms with Crippen LogP contribution in [0.4, 0.5) is 0 Å². The number of para-hydroxylation sites is 1. The van der Waals surface area contributed by atoms with E-state index >= 15 is 0 Å². The molecule has 0 aliphatic heterocycles. The maximum atomic E-state index is 12.0. The molecule has 22 heavy (non-hydrogen) atoms. The molecule has 1 aromatic heterocycles. The molecule has 0 saturated heterocycles. The molecule has 0 bridgehead atoms. The number of aryl methyl sites for hydroxylation is 2. The molecule has 114 valence electrons. The fourth-order valence-electron chi connectivity index (χ4n) is 2.61. The van der Waals surface area contributed by atoms with E-state index in [-0.39, 0.29) is 24.2 Å². The van der Waals surface area contributed by atoms with Gasteiger partial charge in [-0.15, -0.1) is 0 Å². The van der Waals surface area contributed by atoms with Crippen molar-refractivity contribution >= 4 is 22.7 Å². The van der Waals surface area contributed by atoms with E-state index in [1.54, 1.807) is 0 Å². The summed E-state index contributed by atoms with van der Waals surface area (Å²) in [5, 5.41) is 1.05. The first-order chi connectivity index (χ1) is 10.6. The van der Waals surface area contributed by atoms with E-state index < -0.39 is 0 Å². The summed E-state index contributed by atoms with van der Waals surface area (Å²) >= 11 is 0. The van der Waals surface area contributed by atoms with Gasteiger partial charge in [0.15, 0.2) is 0 Å². The highest BCUT2D eigenvalue weighted by Gasteiger charge is 2.29. The highest BCUT2D eigenvalue weighted by molar-refractivity contribution is 5.88. The summed E-state index contributed by atoms with van der Waals surface area (Å²) in [6.45, 7) is 3.91. The second-order valence-corrected chi connectivity index (χ2v) is 5.81. The SMILES string of the molecule is Cc1nc2ccccc2c(C)c1CC(=O)NNC(=O)C1CC1. The molecule has 0 atom stereocenters. The van der Waals surface area contributed by atoms with Gasteiger partial charge in [-0.25, -0.2) is 0 Å². The van der Waals surface area contributed by atoms with Gasteiger partial charge in [-0.2, -0.15) is 0 Å². The first kappa shape index (κ1) is 14.5. The van der Waals surface area contributed by atoms with Crippen LogP contribution in [0.2, 0.25) is 0 Å². The number of hydrogen-bond acceptors (Lipinski definition) is 3. The topological polar surface area (TPSA) is 71.1 Å². The number of nitrogens with one attached hydrogen (secondary N) is 2. The number of carbonyl (C=O) groups is 2. The Hall–Kier alpha value is -2.43. The Balaban J connectivity index is 1.75. The molecule has 1 fully saturated rings. The van der Waals surface area contributed by atoms with Gasteiger partial charge >= 0.3 is 0 Å². The van der Waals surface area contributed by atoms with Gasteiger partial charge in [-0.3, -0.25) is 25.4 Å². The zero-order valence-electron chi connectivity index (χ0n) is 12.8.